The van der Waals surface area contributed by atoms with Crippen molar-refractivity contribution in [3.05, 3.63) is 71.3 Å². The molecule has 1 aliphatic rings. The standard InChI is InChI=1S/C32H45F2N5O4Si/c1-22-29(39(24-11-9-8-10-12-24)37-30(22)42-17-18-43-44(6,7)32(2,3)4)36-31(40)35-28-21-38(15-16-41-5)20-25(28)23-13-14-26(33)27(34)19-23/h8-14,19,25,28H,15-18,20-21H2,1-7H3,(H2,35,36,40)/t25-,28+/m0/s1. The number of hydrogen-bond acceptors (Lipinski definition) is 6. The number of anilines is 1. The van der Waals surface area contributed by atoms with Crippen LogP contribution >= 0.6 is 0 Å². The molecule has 3 aromatic rings. The van der Waals surface area contributed by atoms with Gasteiger partial charge < -0.3 is 19.2 Å². The van der Waals surface area contributed by atoms with Crippen LogP contribution in [0.5, 0.6) is 5.88 Å². The second-order valence-corrected chi connectivity index (χ2v) is 17.5. The number of nitrogens with zero attached hydrogens (tertiary/aromatic N) is 3. The molecule has 1 aromatic heterocycles. The number of hydrogen-bond donors (Lipinski definition) is 2. The van der Waals surface area contributed by atoms with E-state index in [1.807, 2.05) is 37.3 Å². The maximum Gasteiger partial charge on any atom is 0.320 e. The summed E-state index contributed by atoms with van der Waals surface area (Å²) in [7, 11) is -0.296. The Hall–Kier alpha value is -3.32. The van der Waals surface area contributed by atoms with Crippen LogP contribution in [0.15, 0.2) is 48.5 Å². The van der Waals surface area contributed by atoms with E-state index in [1.54, 1.807) is 17.9 Å². The van der Waals surface area contributed by atoms with Gasteiger partial charge in [-0.3, -0.25) is 10.2 Å². The van der Waals surface area contributed by atoms with Gasteiger partial charge in [0.05, 0.1) is 30.5 Å². The van der Waals surface area contributed by atoms with Gasteiger partial charge in [-0.15, -0.1) is 5.10 Å². The summed E-state index contributed by atoms with van der Waals surface area (Å²) in [5.41, 5.74) is 2.04. The van der Waals surface area contributed by atoms with E-state index in [9.17, 15) is 13.6 Å². The summed E-state index contributed by atoms with van der Waals surface area (Å²) in [6, 6.07) is 12.6. The Bertz CT molecular complexity index is 1410. The molecule has 2 amide bonds. The number of methoxy groups -OCH3 is 1. The van der Waals surface area contributed by atoms with Crippen LogP contribution in [0, 0.1) is 18.6 Å². The number of ether oxygens (including phenoxy) is 2. The van der Waals surface area contributed by atoms with Crippen molar-refractivity contribution in [2.75, 3.05) is 51.9 Å². The Labute approximate surface area is 260 Å². The Kier molecular flexibility index (Phi) is 10.8. The van der Waals surface area contributed by atoms with Crippen molar-refractivity contribution in [2.24, 2.45) is 0 Å². The summed E-state index contributed by atoms with van der Waals surface area (Å²) >= 11 is 0. The topological polar surface area (TPSA) is 89.9 Å². The summed E-state index contributed by atoms with van der Waals surface area (Å²) in [5.74, 6) is -1.19. The summed E-state index contributed by atoms with van der Waals surface area (Å²) in [5, 5.41) is 10.8. The third-order valence-corrected chi connectivity index (χ3v) is 13.1. The van der Waals surface area contributed by atoms with E-state index in [0.29, 0.717) is 62.3 Å². The summed E-state index contributed by atoms with van der Waals surface area (Å²) in [4.78, 5) is 15.6. The van der Waals surface area contributed by atoms with E-state index in [-0.39, 0.29) is 17.0 Å². The summed E-state index contributed by atoms with van der Waals surface area (Å²) in [6.45, 7) is 15.8. The van der Waals surface area contributed by atoms with E-state index in [1.165, 1.54) is 6.07 Å². The molecule has 2 aromatic carbocycles. The molecule has 1 saturated heterocycles. The van der Waals surface area contributed by atoms with E-state index in [0.717, 1.165) is 11.8 Å². The maximum atomic E-state index is 14.1. The number of carbonyl (C=O) groups is 1. The number of likely N-dealkylation sites (tertiary alicyclic amines) is 1. The number of halogens is 2. The number of aromatic nitrogens is 2. The number of urea groups is 1. The van der Waals surface area contributed by atoms with Crippen molar-refractivity contribution in [3.8, 4) is 11.6 Å². The lowest BCUT2D eigenvalue weighted by Gasteiger charge is -2.36. The first-order valence-electron chi connectivity index (χ1n) is 15.0. The monoisotopic (exact) mass is 629 g/mol. The molecular formula is C32H45F2N5O4Si. The summed E-state index contributed by atoms with van der Waals surface area (Å²) in [6.07, 6.45) is 0. The lowest BCUT2D eigenvalue weighted by Crippen LogP contribution is -2.42. The molecule has 4 rings (SSSR count). The minimum Gasteiger partial charge on any atom is -0.474 e. The molecule has 0 bridgehead atoms. The van der Waals surface area contributed by atoms with E-state index in [4.69, 9.17) is 13.9 Å². The molecule has 0 spiro atoms. The van der Waals surface area contributed by atoms with Crippen molar-refractivity contribution < 1.29 is 27.5 Å². The average molecular weight is 630 g/mol. The van der Waals surface area contributed by atoms with Crippen LogP contribution in [-0.2, 0) is 9.16 Å². The van der Waals surface area contributed by atoms with Crippen LogP contribution in [0.25, 0.3) is 5.69 Å². The molecule has 240 valence electrons. The molecule has 1 fully saturated rings. The van der Waals surface area contributed by atoms with E-state index in [2.05, 4.69) is 54.5 Å². The first-order valence-corrected chi connectivity index (χ1v) is 17.9. The van der Waals surface area contributed by atoms with Gasteiger partial charge in [0.15, 0.2) is 20.0 Å². The molecule has 2 atom stereocenters. The Morgan fingerprint density at radius 2 is 1.77 bits per heavy atom. The maximum absolute atomic E-state index is 14.1. The molecule has 12 heteroatoms. The predicted octanol–water partition coefficient (Wildman–Crippen LogP) is 6.10. The van der Waals surface area contributed by atoms with Gasteiger partial charge in [0, 0.05) is 32.7 Å². The lowest BCUT2D eigenvalue weighted by atomic mass is 9.94. The second-order valence-electron chi connectivity index (χ2n) is 12.7. The molecule has 0 radical (unpaired) electrons. The fraction of sp³-hybridized carbons (Fsp3) is 0.500. The fourth-order valence-corrected chi connectivity index (χ4v) is 6.02. The number of carbonyl (C=O) groups excluding carboxylic acids is 1. The highest BCUT2D eigenvalue weighted by molar-refractivity contribution is 6.74. The number of rotatable bonds is 12. The van der Waals surface area contributed by atoms with Crippen molar-refractivity contribution in [2.45, 2.75) is 57.8 Å². The minimum absolute atomic E-state index is 0.0895. The summed E-state index contributed by atoms with van der Waals surface area (Å²) < 4.78 is 47.0. The SMILES string of the molecule is COCCN1C[C@@H](NC(=O)Nc2c(C)c(OCCO[Si](C)(C)C(C)(C)C)nn2-c2ccccc2)[C@H](c2ccc(F)c(F)c2)C1. The molecule has 44 heavy (non-hydrogen) atoms. The quantitative estimate of drug-likeness (QED) is 0.186. The molecule has 2 N–H and O–H groups in total. The Morgan fingerprint density at radius 3 is 2.43 bits per heavy atom. The zero-order valence-electron chi connectivity index (χ0n) is 26.7. The largest absolute Gasteiger partial charge is 0.474 e. The fourth-order valence-electron chi connectivity index (χ4n) is 4.99. The third-order valence-electron chi connectivity index (χ3n) is 8.60. The van der Waals surface area contributed by atoms with Crippen molar-refractivity contribution in [1.82, 2.24) is 20.0 Å². The van der Waals surface area contributed by atoms with Gasteiger partial charge in [-0.2, -0.15) is 0 Å². The van der Waals surface area contributed by atoms with Crippen LogP contribution in [-0.4, -0.2) is 81.6 Å². The molecule has 9 nitrogen and oxygen atoms in total. The van der Waals surface area contributed by atoms with Crippen LogP contribution < -0.4 is 15.4 Å². The zero-order chi connectivity index (χ0) is 32.1. The molecule has 0 aliphatic carbocycles. The van der Waals surface area contributed by atoms with Crippen molar-refractivity contribution in [3.63, 3.8) is 0 Å². The molecule has 0 saturated carbocycles. The number of para-hydroxylation sites is 1. The van der Waals surface area contributed by atoms with Gasteiger partial charge in [-0.05, 0) is 54.9 Å². The molecule has 1 aliphatic heterocycles. The van der Waals surface area contributed by atoms with Gasteiger partial charge in [0.25, 0.3) is 0 Å². The minimum atomic E-state index is -1.92. The third kappa shape index (κ3) is 8.03. The molecule has 2 heterocycles. The first-order chi connectivity index (χ1) is 20.8. The smallest absolute Gasteiger partial charge is 0.320 e. The van der Waals surface area contributed by atoms with Crippen LogP contribution in [0.3, 0.4) is 0 Å². The highest BCUT2D eigenvalue weighted by Gasteiger charge is 2.37. The highest BCUT2D eigenvalue weighted by atomic mass is 28.4. The zero-order valence-corrected chi connectivity index (χ0v) is 27.7. The Morgan fingerprint density at radius 1 is 1.05 bits per heavy atom. The number of nitrogens with one attached hydrogen (secondary N) is 2. The van der Waals surface area contributed by atoms with Crippen LogP contribution in [0.1, 0.15) is 37.8 Å². The van der Waals surface area contributed by atoms with Gasteiger partial charge in [0.2, 0.25) is 5.88 Å². The average Bonchev–Trinajstić information content (AvgIpc) is 3.51. The van der Waals surface area contributed by atoms with E-state index >= 15 is 0 Å². The van der Waals surface area contributed by atoms with E-state index < -0.39 is 26.0 Å². The van der Waals surface area contributed by atoms with Gasteiger partial charge in [-0.1, -0.05) is 45.0 Å². The van der Waals surface area contributed by atoms with Gasteiger partial charge in [0.1, 0.15) is 12.4 Å². The first kappa shape index (κ1) is 33.6. The highest BCUT2D eigenvalue weighted by Crippen LogP contribution is 2.36. The van der Waals surface area contributed by atoms with Crippen LogP contribution in [0.4, 0.5) is 19.4 Å². The Balaban J connectivity index is 1.51. The van der Waals surface area contributed by atoms with Gasteiger partial charge in [-0.25, -0.2) is 18.3 Å². The number of amides is 2. The normalized spacial score (nSPS) is 17.6. The molecular weight excluding hydrogens is 584 g/mol. The molecule has 0 unspecified atom stereocenters. The van der Waals surface area contributed by atoms with Crippen LogP contribution in [0.2, 0.25) is 18.1 Å². The second kappa shape index (κ2) is 14.2. The number of benzene rings is 2. The van der Waals surface area contributed by atoms with Gasteiger partial charge >= 0.3 is 6.03 Å². The van der Waals surface area contributed by atoms with Crippen molar-refractivity contribution >= 4 is 20.2 Å². The predicted molar refractivity (Wildman–Crippen MR) is 170 cm³/mol. The van der Waals surface area contributed by atoms with Crippen molar-refractivity contribution in [1.29, 1.82) is 0 Å². The lowest BCUT2D eigenvalue weighted by molar-refractivity contribution is 0.159.